The first-order chi connectivity index (χ1) is 14.7. The van der Waals surface area contributed by atoms with Gasteiger partial charge in [0.25, 0.3) is 0 Å². The third-order valence-electron chi connectivity index (χ3n) is 4.99. The molecule has 4 heteroatoms. The third-order valence-corrected chi connectivity index (χ3v) is 4.99. The molecule has 0 spiro atoms. The maximum Gasteiger partial charge on any atom is 0.227 e. The van der Waals surface area contributed by atoms with Crippen LogP contribution >= 0.6 is 0 Å². The lowest BCUT2D eigenvalue weighted by Gasteiger charge is -2.25. The Labute approximate surface area is 178 Å². The molecule has 0 radical (unpaired) electrons. The predicted octanol–water partition coefficient (Wildman–Crippen LogP) is 5.55. The van der Waals surface area contributed by atoms with Crippen LogP contribution in [0.2, 0.25) is 0 Å². The van der Waals surface area contributed by atoms with Gasteiger partial charge in [-0.1, -0.05) is 60.7 Å². The van der Waals surface area contributed by atoms with Crippen molar-refractivity contribution < 1.29 is 9.53 Å². The highest BCUT2D eigenvalue weighted by Gasteiger charge is 2.23. The first-order valence-electron chi connectivity index (χ1n) is 10.2. The van der Waals surface area contributed by atoms with Gasteiger partial charge in [-0.25, -0.2) is 0 Å². The Bertz CT molecular complexity index is 924. The van der Waals surface area contributed by atoms with Crippen molar-refractivity contribution in [3.8, 4) is 11.8 Å². The third kappa shape index (κ3) is 5.48. The van der Waals surface area contributed by atoms with Crippen LogP contribution in [0.3, 0.4) is 0 Å². The Kier molecular flexibility index (Phi) is 7.63. The number of benzene rings is 3. The highest BCUT2D eigenvalue weighted by Crippen LogP contribution is 2.30. The maximum absolute atomic E-state index is 13.4. The number of carbonyl (C=O) groups is 1. The van der Waals surface area contributed by atoms with Crippen molar-refractivity contribution in [3.63, 3.8) is 0 Å². The topological polar surface area (TPSA) is 53.3 Å². The van der Waals surface area contributed by atoms with E-state index in [4.69, 9.17) is 10.00 Å². The molecule has 3 rings (SSSR count). The molecule has 0 bridgehead atoms. The molecule has 30 heavy (non-hydrogen) atoms. The SMILES string of the molecule is CCOc1ccc(N(CCC#N)C(=O)CC(c2ccccc2)c2ccccc2)cc1. The summed E-state index contributed by atoms with van der Waals surface area (Å²) in [6.07, 6.45) is 0.604. The average molecular weight is 399 g/mol. The average Bonchev–Trinajstić information content (AvgIpc) is 2.80. The summed E-state index contributed by atoms with van der Waals surface area (Å²) in [5, 5.41) is 9.09. The van der Waals surface area contributed by atoms with Crippen molar-refractivity contribution in [2.45, 2.75) is 25.7 Å². The van der Waals surface area contributed by atoms with Crippen molar-refractivity contribution in [2.24, 2.45) is 0 Å². The largest absolute Gasteiger partial charge is 0.494 e. The molecule has 0 N–H and O–H groups in total. The fourth-order valence-electron chi connectivity index (χ4n) is 3.53. The normalized spacial score (nSPS) is 10.4. The standard InChI is InChI=1S/C26H26N2O2/c1-2-30-24-16-14-23(15-17-24)28(19-9-18-27)26(29)20-25(21-10-5-3-6-11-21)22-12-7-4-8-13-22/h3-8,10-17,25H,2,9,19-20H2,1H3. The van der Waals surface area contributed by atoms with Crippen molar-refractivity contribution in [3.05, 3.63) is 96.1 Å². The van der Waals surface area contributed by atoms with Gasteiger partial charge in [0.1, 0.15) is 5.75 Å². The highest BCUT2D eigenvalue weighted by atomic mass is 16.5. The summed E-state index contributed by atoms with van der Waals surface area (Å²) >= 11 is 0. The quantitative estimate of drug-likeness (QED) is 0.474. The molecule has 0 fully saturated rings. The molecule has 3 aromatic rings. The summed E-state index contributed by atoms with van der Waals surface area (Å²) < 4.78 is 5.51. The van der Waals surface area contributed by atoms with Gasteiger partial charge in [0, 0.05) is 24.6 Å². The summed E-state index contributed by atoms with van der Waals surface area (Å²) in [5.41, 5.74) is 2.98. The lowest BCUT2D eigenvalue weighted by Crippen LogP contribution is -2.33. The van der Waals surface area contributed by atoms with Crippen molar-refractivity contribution in [1.29, 1.82) is 5.26 Å². The van der Waals surface area contributed by atoms with Gasteiger partial charge in [0.15, 0.2) is 0 Å². The number of ether oxygens (including phenoxy) is 1. The molecule has 152 valence electrons. The maximum atomic E-state index is 13.4. The molecule has 1 amide bonds. The summed E-state index contributed by atoms with van der Waals surface area (Å²) in [6.45, 7) is 2.88. The van der Waals surface area contributed by atoms with E-state index in [2.05, 4.69) is 30.3 Å². The van der Waals surface area contributed by atoms with Crippen LogP contribution < -0.4 is 9.64 Å². The molecule has 4 nitrogen and oxygen atoms in total. The van der Waals surface area contributed by atoms with E-state index in [1.165, 1.54) is 0 Å². The van der Waals surface area contributed by atoms with Crippen LogP contribution in [0.1, 0.15) is 36.8 Å². The van der Waals surface area contributed by atoms with Gasteiger partial charge < -0.3 is 9.64 Å². The van der Waals surface area contributed by atoms with Crippen molar-refractivity contribution in [1.82, 2.24) is 0 Å². The summed E-state index contributed by atoms with van der Waals surface area (Å²) in [4.78, 5) is 15.1. The zero-order valence-corrected chi connectivity index (χ0v) is 17.2. The highest BCUT2D eigenvalue weighted by molar-refractivity contribution is 5.94. The van der Waals surface area contributed by atoms with Crippen LogP contribution in [0.4, 0.5) is 5.69 Å². The van der Waals surface area contributed by atoms with E-state index in [1.54, 1.807) is 4.90 Å². The lowest BCUT2D eigenvalue weighted by molar-refractivity contribution is -0.118. The molecule has 0 aliphatic rings. The molecule has 0 aromatic heterocycles. The summed E-state index contributed by atoms with van der Waals surface area (Å²) in [7, 11) is 0. The minimum Gasteiger partial charge on any atom is -0.494 e. The molecule has 0 saturated carbocycles. The van der Waals surface area contributed by atoms with Crippen LogP contribution in [0.5, 0.6) is 5.75 Å². The van der Waals surface area contributed by atoms with Gasteiger partial charge in [-0.05, 0) is 42.3 Å². The minimum atomic E-state index is -0.0489. The molecule has 0 aliphatic heterocycles. The van der Waals surface area contributed by atoms with Crippen LogP contribution in [0.15, 0.2) is 84.9 Å². The molecular formula is C26H26N2O2. The van der Waals surface area contributed by atoms with Crippen LogP contribution in [-0.4, -0.2) is 19.1 Å². The van der Waals surface area contributed by atoms with Crippen molar-refractivity contribution in [2.75, 3.05) is 18.1 Å². The molecule has 0 heterocycles. The van der Waals surface area contributed by atoms with Gasteiger partial charge in [0.2, 0.25) is 5.91 Å². The summed E-state index contributed by atoms with van der Waals surface area (Å²) in [5.74, 6) is 0.708. The van der Waals surface area contributed by atoms with E-state index >= 15 is 0 Å². The van der Waals surface area contributed by atoms with Crippen LogP contribution in [0, 0.1) is 11.3 Å². The molecule has 0 aliphatic carbocycles. The Hall–Kier alpha value is -3.58. The van der Waals surface area contributed by atoms with Gasteiger partial charge in [0.05, 0.1) is 19.1 Å². The Morgan fingerprint density at radius 1 is 0.933 bits per heavy atom. The van der Waals surface area contributed by atoms with Gasteiger partial charge >= 0.3 is 0 Å². The number of hydrogen-bond acceptors (Lipinski definition) is 3. The molecular weight excluding hydrogens is 372 g/mol. The first kappa shape index (κ1) is 21.1. The van der Waals surface area contributed by atoms with Crippen LogP contribution in [0.25, 0.3) is 0 Å². The molecule has 3 aromatic carbocycles. The Morgan fingerprint density at radius 3 is 2.00 bits per heavy atom. The summed E-state index contributed by atoms with van der Waals surface area (Å²) in [6, 6.07) is 29.8. The smallest absolute Gasteiger partial charge is 0.227 e. The zero-order valence-electron chi connectivity index (χ0n) is 17.2. The van der Waals surface area contributed by atoms with E-state index < -0.39 is 0 Å². The van der Waals surface area contributed by atoms with E-state index in [0.29, 0.717) is 19.6 Å². The first-order valence-corrected chi connectivity index (χ1v) is 10.2. The second-order valence-corrected chi connectivity index (χ2v) is 6.96. The number of carbonyl (C=O) groups excluding carboxylic acids is 1. The number of rotatable bonds is 9. The number of nitriles is 1. The fraction of sp³-hybridized carbons (Fsp3) is 0.231. The molecule has 0 unspecified atom stereocenters. The number of nitrogens with zero attached hydrogens (tertiary/aromatic N) is 2. The van der Waals surface area contributed by atoms with E-state index in [1.807, 2.05) is 67.6 Å². The van der Waals surface area contributed by atoms with Crippen LogP contribution in [-0.2, 0) is 4.79 Å². The van der Waals surface area contributed by atoms with Gasteiger partial charge in [-0.15, -0.1) is 0 Å². The van der Waals surface area contributed by atoms with Gasteiger partial charge in [-0.2, -0.15) is 5.26 Å². The fourth-order valence-corrected chi connectivity index (χ4v) is 3.53. The van der Waals surface area contributed by atoms with Gasteiger partial charge in [-0.3, -0.25) is 4.79 Å². The monoisotopic (exact) mass is 398 g/mol. The predicted molar refractivity (Wildman–Crippen MR) is 120 cm³/mol. The minimum absolute atomic E-state index is 0.00730. The number of amides is 1. The molecule has 0 atom stereocenters. The molecule has 0 saturated heterocycles. The second kappa shape index (κ2) is 10.8. The van der Waals surface area contributed by atoms with E-state index in [9.17, 15) is 4.79 Å². The lowest BCUT2D eigenvalue weighted by atomic mass is 9.88. The van der Waals surface area contributed by atoms with E-state index in [-0.39, 0.29) is 18.2 Å². The second-order valence-electron chi connectivity index (χ2n) is 6.96. The Balaban J connectivity index is 1.87. The Morgan fingerprint density at radius 2 is 1.50 bits per heavy atom. The number of anilines is 1. The zero-order chi connectivity index (χ0) is 21.2. The number of hydrogen-bond donors (Lipinski definition) is 0. The van der Waals surface area contributed by atoms with Crippen molar-refractivity contribution >= 4 is 11.6 Å². The van der Waals surface area contributed by atoms with E-state index in [0.717, 1.165) is 22.6 Å².